The van der Waals surface area contributed by atoms with Gasteiger partial charge in [0.2, 0.25) is 11.8 Å². The van der Waals surface area contributed by atoms with Gasteiger partial charge in [-0.1, -0.05) is 36.4 Å². The van der Waals surface area contributed by atoms with Gasteiger partial charge in [-0.25, -0.2) is 0 Å². The molecule has 0 aromatic heterocycles. The number of ether oxygens (including phenoxy) is 1. The predicted molar refractivity (Wildman–Crippen MR) is 145 cm³/mol. The van der Waals surface area contributed by atoms with Crippen LogP contribution in [0.1, 0.15) is 46.8 Å². The Kier molecular flexibility index (Phi) is 8.16. The first-order valence-electron chi connectivity index (χ1n) is 13.7. The van der Waals surface area contributed by atoms with E-state index in [4.69, 9.17) is 4.74 Å². The number of alkyl halides is 2. The molecule has 11 heteroatoms. The van der Waals surface area contributed by atoms with Gasteiger partial charge >= 0.3 is 5.92 Å². The van der Waals surface area contributed by atoms with Gasteiger partial charge in [0.05, 0.1) is 6.54 Å². The van der Waals surface area contributed by atoms with Gasteiger partial charge in [0.15, 0.2) is 0 Å². The number of carbonyl (C=O) groups excluding carboxylic acids is 4. The summed E-state index contributed by atoms with van der Waals surface area (Å²) in [4.78, 5) is 53.8. The molecule has 2 aromatic carbocycles. The Hall–Kier alpha value is -4.12. The van der Waals surface area contributed by atoms with E-state index in [1.54, 1.807) is 18.2 Å². The van der Waals surface area contributed by atoms with Crippen LogP contribution in [0.3, 0.4) is 0 Å². The molecule has 0 spiro atoms. The van der Waals surface area contributed by atoms with Gasteiger partial charge < -0.3 is 14.5 Å². The molecule has 1 unspecified atom stereocenters. The number of rotatable bonds is 8. The molecule has 0 aliphatic carbocycles. The number of hydrogen-bond acceptors (Lipinski definition) is 6. The normalized spacial score (nSPS) is 20.0. The molecule has 2 saturated heterocycles. The average molecular weight is 567 g/mol. The molecule has 2 fully saturated rings. The maximum atomic E-state index is 13.9. The number of imide groups is 1. The lowest BCUT2D eigenvalue weighted by molar-refractivity contribution is -0.152. The smallest absolute Gasteiger partial charge is 0.343 e. The Labute approximate surface area is 236 Å². The number of benzene rings is 2. The van der Waals surface area contributed by atoms with E-state index < -0.39 is 23.8 Å². The summed E-state index contributed by atoms with van der Waals surface area (Å²) in [6.45, 7) is 4.15. The first-order chi connectivity index (χ1) is 19.7. The second-order valence-electron chi connectivity index (χ2n) is 10.5. The largest absolute Gasteiger partial charge is 0.489 e. The van der Waals surface area contributed by atoms with Crippen molar-refractivity contribution in [1.29, 1.82) is 0 Å². The molecule has 3 heterocycles. The first-order valence-corrected chi connectivity index (χ1v) is 13.7. The minimum Gasteiger partial charge on any atom is -0.489 e. The maximum Gasteiger partial charge on any atom is 0.343 e. The highest BCUT2D eigenvalue weighted by atomic mass is 19.3. The van der Waals surface area contributed by atoms with Gasteiger partial charge in [-0.05, 0) is 42.7 Å². The summed E-state index contributed by atoms with van der Waals surface area (Å²) in [6.07, 6.45) is 2.32. The van der Waals surface area contributed by atoms with Gasteiger partial charge in [0.1, 0.15) is 18.4 Å². The molecule has 9 nitrogen and oxygen atoms in total. The van der Waals surface area contributed by atoms with Crippen molar-refractivity contribution >= 4 is 23.6 Å². The van der Waals surface area contributed by atoms with Crippen LogP contribution < -0.4 is 10.1 Å². The van der Waals surface area contributed by atoms with E-state index >= 15 is 0 Å². The van der Waals surface area contributed by atoms with Crippen molar-refractivity contribution in [3.63, 3.8) is 0 Å². The van der Waals surface area contributed by atoms with Crippen LogP contribution in [0.2, 0.25) is 0 Å². The van der Waals surface area contributed by atoms with Gasteiger partial charge in [0.25, 0.3) is 11.8 Å². The molecular formula is C30H32F2N4O5. The Morgan fingerprint density at radius 2 is 1.76 bits per heavy atom. The molecule has 0 bridgehead atoms. The van der Waals surface area contributed by atoms with Crippen molar-refractivity contribution in [3.8, 4) is 5.75 Å². The number of fused-ring (bicyclic) bond motifs is 1. The number of halogens is 2. The third kappa shape index (κ3) is 6.14. The molecule has 5 rings (SSSR count). The molecule has 1 N–H and O–H groups in total. The Bertz CT molecular complexity index is 1370. The Morgan fingerprint density at radius 3 is 2.44 bits per heavy atom. The van der Waals surface area contributed by atoms with Crippen molar-refractivity contribution in [1.82, 2.24) is 20.0 Å². The van der Waals surface area contributed by atoms with Gasteiger partial charge in [-0.2, -0.15) is 8.78 Å². The number of hydrogen-bond donors (Lipinski definition) is 1. The zero-order valence-electron chi connectivity index (χ0n) is 22.8. The van der Waals surface area contributed by atoms with E-state index in [0.29, 0.717) is 43.4 Å². The van der Waals surface area contributed by atoms with Crippen molar-refractivity contribution in [3.05, 3.63) is 76.9 Å². The Balaban J connectivity index is 1.14. The standard InChI is InChI=1S/C30H32F2N4O5/c1-2-12-30(31,32)29(40)35-15-13-34(14-16-35)17-20-6-8-21(9-7-20)19-41-25-5-3-4-22-23(25)18-36(28(22)39)24-10-11-26(37)33-27(24)38/h2-9,12,24H,10-11,13-19H2,1H3,(H,33,37,38)/b12-2+. The van der Waals surface area contributed by atoms with Crippen molar-refractivity contribution in [2.24, 2.45) is 0 Å². The number of carbonyl (C=O) groups is 4. The van der Waals surface area contributed by atoms with Crippen molar-refractivity contribution < 1.29 is 32.7 Å². The Morgan fingerprint density at radius 1 is 1.05 bits per heavy atom. The molecule has 1 atom stereocenters. The van der Waals surface area contributed by atoms with E-state index in [9.17, 15) is 28.0 Å². The summed E-state index contributed by atoms with van der Waals surface area (Å²) in [5.74, 6) is -5.09. The average Bonchev–Trinajstić information content (AvgIpc) is 3.29. The van der Waals surface area contributed by atoms with E-state index in [1.807, 2.05) is 24.3 Å². The molecule has 4 amide bonds. The topological polar surface area (TPSA) is 99.3 Å². The quantitative estimate of drug-likeness (QED) is 0.390. The lowest BCUT2D eigenvalue weighted by atomic mass is 10.0. The van der Waals surface area contributed by atoms with E-state index in [-0.39, 0.29) is 44.5 Å². The fourth-order valence-electron chi connectivity index (χ4n) is 5.45. The van der Waals surface area contributed by atoms with Crippen LogP contribution >= 0.6 is 0 Å². The van der Waals surface area contributed by atoms with Crippen LogP contribution in [-0.2, 0) is 34.1 Å². The SMILES string of the molecule is C/C=C/C(F)(F)C(=O)N1CCN(Cc2ccc(COc3cccc4c3CN(C3CCC(=O)NC3=O)C4=O)cc2)CC1. The molecule has 216 valence electrons. The summed E-state index contributed by atoms with van der Waals surface area (Å²) in [5.41, 5.74) is 3.20. The summed E-state index contributed by atoms with van der Waals surface area (Å²) >= 11 is 0. The molecule has 3 aliphatic heterocycles. The van der Waals surface area contributed by atoms with E-state index in [2.05, 4.69) is 10.2 Å². The summed E-state index contributed by atoms with van der Waals surface area (Å²) < 4.78 is 33.9. The minimum atomic E-state index is -3.48. The monoisotopic (exact) mass is 566 g/mol. The van der Waals surface area contributed by atoms with Crippen molar-refractivity contribution in [2.75, 3.05) is 26.2 Å². The molecule has 3 aliphatic rings. The molecule has 0 saturated carbocycles. The maximum absolute atomic E-state index is 13.9. The van der Waals surface area contributed by atoms with E-state index in [0.717, 1.165) is 16.7 Å². The molecule has 41 heavy (non-hydrogen) atoms. The highest BCUT2D eigenvalue weighted by molar-refractivity contribution is 6.05. The molecular weight excluding hydrogens is 534 g/mol. The van der Waals surface area contributed by atoms with Gasteiger partial charge in [-0.15, -0.1) is 0 Å². The number of nitrogens with zero attached hydrogens (tertiary/aromatic N) is 3. The minimum absolute atomic E-state index is 0.196. The van der Waals surface area contributed by atoms with Crippen LogP contribution in [-0.4, -0.2) is 76.5 Å². The fourth-order valence-corrected chi connectivity index (χ4v) is 5.45. The second-order valence-corrected chi connectivity index (χ2v) is 10.5. The lowest BCUT2D eigenvalue weighted by Crippen LogP contribution is -2.52. The fraction of sp³-hybridized carbons (Fsp3) is 0.400. The zero-order valence-corrected chi connectivity index (χ0v) is 22.8. The van der Waals surface area contributed by atoms with Gasteiger partial charge in [-0.3, -0.25) is 29.4 Å². The van der Waals surface area contributed by atoms with Crippen LogP contribution in [0.25, 0.3) is 0 Å². The predicted octanol–water partition coefficient (Wildman–Crippen LogP) is 2.88. The number of nitrogens with one attached hydrogen (secondary N) is 1. The van der Waals surface area contributed by atoms with E-state index in [1.165, 1.54) is 22.8 Å². The van der Waals surface area contributed by atoms with Gasteiger partial charge in [0, 0.05) is 50.3 Å². The lowest BCUT2D eigenvalue weighted by Gasteiger charge is -2.35. The molecule has 2 aromatic rings. The zero-order chi connectivity index (χ0) is 29.1. The number of piperazine rings is 1. The summed E-state index contributed by atoms with van der Waals surface area (Å²) in [5, 5.41) is 2.31. The highest BCUT2D eigenvalue weighted by Gasteiger charge is 2.41. The van der Waals surface area contributed by atoms with Crippen LogP contribution in [0, 0.1) is 0 Å². The van der Waals surface area contributed by atoms with Crippen molar-refractivity contribution in [2.45, 2.75) is 51.4 Å². The third-order valence-corrected chi connectivity index (χ3v) is 7.68. The number of amides is 4. The van der Waals surface area contributed by atoms with Crippen LogP contribution in [0.5, 0.6) is 5.75 Å². The van der Waals surface area contributed by atoms with Crippen LogP contribution in [0.4, 0.5) is 8.78 Å². The number of allylic oxidation sites excluding steroid dienone is 1. The van der Waals surface area contributed by atoms with Crippen LogP contribution in [0.15, 0.2) is 54.6 Å². The molecule has 0 radical (unpaired) electrons. The number of piperidine rings is 1. The summed E-state index contributed by atoms with van der Waals surface area (Å²) in [7, 11) is 0. The third-order valence-electron chi connectivity index (χ3n) is 7.68. The highest BCUT2D eigenvalue weighted by Crippen LogP contribution is 2.34. The summed E-state index contributed by atoms with van der Waals surface area (Å²) in [6, 6.07) is 12.5. The second kappa shape index (κ2) is 11.8. The first kappa shape index (κ1) is 28.4.